The van der Waals surface area contributed by atoms with E-state index in [9.17, 15) is 12.8 Å². The molecular weight excluding hydrogens is 271 g/mol. The third kappa shape index (κ3) is 5.23. The average molecular weight is 290 g/mol. The average Bonchev–Trinajstić information content (AvgIpc) is 2.33. The summed E-state index contributed by atoms with van der Waals surface area (Å²) in [5, 5.41) is 3.02. The summed E-state index contributed by atoms with van der Waals surface area (Å²) >= 11 is 0. The molecule has 0 atom stereocenters. The van der Waals surface area contributed by atoms with E-state index < -0.39 is 15.8 Å². The Balaban J connectivity index is 2.52. The Hall–Kier alpha value is -1.02. The summed E-state index contributed by atoms with van der Waals surface area (Å²) in [7, 11) is -1.99. The van der Waals surface area contributed by atoms with E-state index in [0.29, 0.717) is 25.3 Å². The lowest BCUT2D eigenvalue weighted by Gasteiger charge is -2.09. The molecule has 0 radical (unpaired) electrons. The van der Waals surface area contributed by atoms with E-state index in [1.807, 2.05) is 0 Å². The van der Waals surface area contributed by atoms with E-state index in [2.05, 4.69) is 10.0 Å². The maximum Gasteiger partial charge on any atom is 0.240 e. The molecule has 1 rings (SSSR count). The fourth-order valence-electron chi connectivity index (χ4n) is 1.57. The molecule has 0 amide bonds. The zero-order valence-corrected chi connectivity index (χ0v) is 11.9. The highest BCUT2D eigenvalue weighted by molar-refractivity contribution is 7.89. The van der Waals surface area contributed by atoms with Gasteiger partial charge in [0.1, 0.15) is 5.82 Å². The standard InChI is InChI=1S/C12H19FN2O3S/c1-10-9-11(13)3-4-12(10)19(16,17)15-6-5-14-7-8-18-2/h3-4,9,14-15H,5-8H2,1-2H3. The molecular formula is C12H19FN2O3S. The molecule has 0 heterocycles. The SMILES string of the molecule is COCCNCCNS(=O)(=O)c1ccc(F)cc1C. The van der Waals surface area contributed by atoms with Crippen molar-refractivity contribution in [2.24, 2.45) is 0 Å². The summed E-state index contributed by atoms with van der Waals surface area (Å²) in [6.45, 7) is 3.57. The highest BCUT2D eigenvalue weighted by atomic mass is 32.2. The van der Waals surface area contributed by atoms with Crippen LogP contribution in [0.3, 0.4) is 0 Å². The highest BCUT2D eigenvalue weighted by Crippen LogP contribution is 2.15. The van der Waals surface area contributed by atoms with Gasteiger partial charge in [0.05, 0.1) is 11.5 Å². The zero-order valence-electron chi connectivity index (χ0n) is 11.1. The van der Waals surface area contributed by atoms with E-state index in [1.54, 1.807) is 14.0 Å². The number of sulfonamides is 1. The second-order valence-corrected chi connectivity index (χ2v) is 5.79. The first-order chi connectivity index (χ1) is 8.97. The fraction of sp³-hybridized carbons (Fsp3) is 0.500. The van der Waals surface area contributed by atoms with Crippen LogP contribution in [-0.4, -0.2) is 41.8 Å². The summed E-state index contributed by atoms with van der Waals surface area (Å²) < 4.78 is 44.2. The molecule has 0 saturated heterocycles. The smallest absolute Gasteiger partial charge is 0.240 e. The van der Waals surface area contributed by atoms with Gasteiger partial charge in [0.2, 0.25) is 10.0 Å². The fourth-order valence-corrected chi connectivity index (χ4v) is 2.82. The molecule has 0 saturated carbocycles. The number of ether oxygens (including phenoxy) is 1. The molecule has 108 valence electrons. The van der Waals surface area contributed by atoms with Gasteiger partial charge in [-0.3, -0.25) is 0 Å². The predicted octanol–water partition coefficient (Wildman–Crippen LogP) is 0.648. The van der Waals surface area contributed by atoms with Crippen LogP contribution in [0.5, 0.6) is 0 Å². The minimum atomic E-state index is -3.59. The molecule has 0 unspecified atom stereocenters. The van der Waals surface area contributed by atoms with Gasteiger partial charge in [0.25, 0.3) is 0 Å². The lowest BCUT2D eigenvalue weighted by molar-refractivity contribution is 0.199. The molecule has 5 nitrogen and oxygen atoms in total. The molecule has 0 fully saturated rings. The number of hydrogen-bond donors (Lipinski definition) is 2. The number of aryl methyl sites for hydroxylation is 1. The predicted molar refractivity (Wildman–Crippen MR) is 71.1 cm³/mol. The van der Waals surface area contributed by atoms with Gasteiger partial charge in [-0.1, -0.05) is 0 Å². The maximum absolute atomic E-state index is 12.9. The van der Waals surface area contributed by atoms with Crippen molar-refractivity contribution in [1.29, 1.82) is 0 Å². The van der Waals surface area contributed by atoms with Gasteiger partial charge in [-0.25, -0.2) is 17.5 Å². The molecule has 7 heteroatoms. The van der Waals surface area contributed by atoms with E-state index in [1.165, 1.54) is 12.1 Å². The number of nitrogens with one attached hydrogen (secondary N) is 2. The van der Waals surface area contributed by atoms with Crippen molar-refractivity contribution in [3.63, 3.8) is 0 Å². The van der Waals surface area contributed by atoms with Crippen molar-refractivity contribution in [2.45, 2.75) is 11.8 Å². The van der Waals surface area contributed by atoms with Gasteiger partial charge < -0.3 is 10.1 Å². The van der Waals surface area contributed by atoms with Crippen LogP contribution in [0.25, 0.3) is 0 Å². The molecule has 0 aliphatic rings. The Morgan fingerprint density at radius 3 is 2.63 bits per heavy atom. The normalized spacial score (nSPS) is 11.7. The van der Waals surface area contributed by atoms with Crippen molar-refractivity contribution in [1.82, 2.24) is 10.0 Å². The van der Waals surface area contributed by atoms with Crippen LogP contribution in [0.15, 0.2) is 23.1 Å². The summed E-state index contributed by atoms with van der Waals surface area (Å²) in [5.41, 5.74) is 0.389. The van der Waals surface area contributed by atoms with E-state index in [4.69, 9.17) is 4.74 Å². The first-order valence-corrected chi connectivity index (χ1v) is 7.41. The molecule has 19 heavy (non-hydrogen) atoms. The maximum atomic E-state index is 12.9. The molecule has 0 aromatic heterocycles. The molecule has 0 bridgehead atoms. The Labute approximate surface area is 113 Å². The number of benzene rings is 1. The highest BCUT2D eigenvalue weighted by Gasteiger charge is 2.16. The van der Waals surface area contributed by atoms with Gasteiger partial charge in [-0.05, 0) is 30.7 Å². The summed E-state index contributed by atoms with van der Waals surface area (Å²) in [5.74, 6) is -0.447. The second-order valence-electron chi connectivity index (χ2n) is 4.05. The van der Waals surface area contributed by atoms with E-state index in [0.717, 1.165) is 6.07 Å². The number of rotatable bonds is 8. The lowest BCUT2D eigenvalue weighted by atomic mass is 10.2. The van der Waals surface area contributed by atoms with Gasteiger partial charge >= 0.3 is 0 Å². The number of methoxy groups -OCH3 is 1. The summed E-state index contributed by atoms with van der Waals surface area (Å²) in [6.07, 6.45) is 0. The van der Waals surface area contributed by atoms with Crippen molar-refractivity contribution < 1.29 is 17.5 Å². The molecule has 0 aliphatic carbocycles. The number of hydrogen-bond acceptors (Lipinski definition) is 4. The lowest BCUT2D eigenvalue weighted by Crippen LogP contribution is -2.33. The quantitative estimate of drug-likeness (QED) is 0.690. The Bertz CT molecular complexity index is 506. The first kappa shape index (κ1) is 16.0. The Kier molecular flexibility index (Phi) is 6.36. The molecule has 1 aromatic carbocycles. The van der Waals surface area contributed by atoms with Crippen LogP contribution in [0.4, 0.5) is 4.39 Å². The largest absolute Gasteiger partial charge is 0.383 e. The van der Waals surface area contributed by atoms with Crippen molar-refractivity contribution in [2.75, 3.05) is 33.4 Å². The third-order valence-corrected chi connectivity index (χ3v) is 4.12. The van der Waals surface area contributed by atoms with Crippen LogP contribution in [-0.2, 0) is 14.8 Å². The topological polar surface area (TPSA) is 67.4 Å². The van der Waals surface area contributed by atoms with Gasteiger partial charge in [0.15, 0.2) is 0 Å². The Morgan fingerprint density at radius 1 is 1.26 bits per heavy atom. The minimum Gasteiger partial charge on any atom is -0.383 e. The molecule has 0 spiro atoms. The summed E-state index contributed by atoms with van der Waals surface area (Å²) in [4.78, 5) is 0.103. The molecule has 0 aliphatic heterocycles. The minimum absolute atomic E-state index is 0.103. The van der Waals surface area contributed by atoms with E-state index >= 15 is 0 Å². The van der Waals surface area contributed by atoms with E-state index in [-0.39, 0.29) is 11.4 Å². The van der Waals surface area contributed by atoms with Crippen molar-refractivity contribution in [3.8, 4) is 0 Å². The van der Waals surface area contributed by atoms with Gasteiger partial charge in [-0.2, -0.15) is 0 Å². The van der Waals surface area contributed by atoms with Crippen LogP contribution in [0, 0.1) is 12.7 Å². The summed E-state index contributed by atoms with van der Waals surface area (Å²) in [6, 6.07) is 3.61. The number of halogens is 1. The van der Waals surface area contributed by atoms with Gasteiger partial charge in [0, 0.05) is 26.7 Å². The third-order valence-electron chi connectivity index (χ3n) is 2.50. The Morgan fingerprint density at radius 2 is 2.00 bits per heavy atom. The molecule has 1 aromatic rings. The van der Waals surface area contributed by atoms with Crippen molar-refractivity contribution in [3.05, 3.63) is 29.6 Å². The molecule has 2 N–H and O–H groups in total. The first-order valence-electron chi connectivity index (χ1n) is 5.93. The monoisotopic (exact) mass is 290 g/mol. The zero-order chi connectivity index (χ0) is 14.3. The van der Waals surface area contributed by atoms with Gasteiger partial charge in [-0.15, -0.1) is 0 Å². The van der Waals surface area contributed by atoms with Crippen molar-refractivity contribution >= 4 is 10.0 Å². The van der Waals surface area contributed by atoms with Crippen LogP contribution < -0.4 is 10.0 Å². The van der Waals surface area contributed by atoms with Crippen LogP contribution in [0.2, 0.25) is 0 Å². The second kappa shape index (κ2) is 7.54. The van der Waals surface area contributed by atoms with Crippen LogP contribution >= 0.6 is 0 Å². The van der Waals surface area contributed by atoms with Crippen LogP contribution in [0.1, 0.15) is 5.56 Å².